The van der Waals surface area contributed by atoms with Crippen LogP contribution in [0.4, 0.5) is 4.39 Å². The van der Waals surface area contributed by atoms with Gasteiger partial charge >= 0.3 is 0 Å². The maximum Gasteiger partial charge on any atom is 0.164 e. The number of benzene rings is 1. The molecule has 0 amide bonds. The van der Waals surface area contributed by atoms with Crippen LogP contribution in [0.5, 0.6) is 0 Å². The Kier molecular flexibility index (Phi) is 5.88. The first-order valence-electron chi connectivity index (χ1n) is 7.62. The number of aryl methyl sites for hydroxylation is 1. The van der Waals surface area contributed by atoms with Crippen molar-refractivity contribution in [3.8, 4) is 0 Å². The Morgan fingerprint density at radius 3 is 2.95 bits per heavy atom. The summed E-state index contributed by atoms with van der Waals surface area (Å²) in [5, 5.41) is 0. The Bertz CT molecular complexity index is 484. The van der Waals surface area contributed by atoms with Gasteiger partial charge in [-0.15, -0.1) is 0 Å². The zero-order chi connectivity index (χ0) is 15.2. The third-order valence-electron chi connectivity index (χ3n) is 4.04. The molecule has 0 spiro atoms. The Hall–Kier alpha value is -1.26. The summed E-state index contributed by atoms with van der Waals surface area (Å²) < 4.78 is 18.9. The fourth-order valence-corrected chi connectivity index (χ4v) is 2.69. The largest absolute Gasteiger partial charge is 0.381 e. The maximum atomic E-state index is 13.5. The van der Waals surface area contributed by atoms with Crippen LogP contribution in [0.2, 0.25) is 0 Å². The van der Waals surface area contributed by atoms with Crippen molar-refractivity contribution < 1.29 is 13.9 Å². The molecule has 0 aliphatic carbocycles. The van der Waals surface area contributed by atoms with E-state index < -0.39 is 0 Å². The van der Waals surface area contributed by atoms with Crippen molar-refractivity contribution in [3.63, 3.8) is 0 Å². The first-order valence-corrected chi connectivity index (χ1v) is 7.62. The quantitative estimate of drug-likeness (QED) is 0.755. The molecule has 4 heteroatoms. The number of rotatable bonds is 6. The van der Waals surface area contributed by atoms with Gasteiger partial charge in [0.1, 0.15) is 5.82 Å². The highest BCUT2D eigenvalue weighted by Crippen LogP contribution is 2.15. The number of hydrogen-bond acceptors (Lipinski definition) is 3. The van der Waals surface area contributed by atoms with Gasteiger partial charge in [-0.3, -0.25) is 4.79 Å². The molecular weight excluding hydrogens is 269 g/mol. The average Bonchev–Trinajstić information content (AvgIpc) is 2.48. The van der Waals surface area contributed by atoms with Crippen LogP contribution in [0.3, 0.4) is 0 Å². The molecule has 0 bridgehead atoms. The lowest BCUT2D eigenvalue weighted by Gasteiger charge is -2.26. The van der Waals surface area contributed by atoms with Crippen LogP contribution in [0.1, 0.15) is 35.2 Å². The van der Waals surface area contributed by atoms with E-state index in [1.165, 1.54) is 12.5 Å². The first-order chi connectivity index (χ1) is 10.1. The summed E-state index contributed by atoms with van der Waals surface area (Å²) in [6.07, 6.45) is 2.74. The fraction of sp³-hybridized carbons (Fsp3) is 0.588. The number of carbonyl (C=O) groups is 1. The Balaban J connectivity index is 1.78. The van der Waals surface area contributed by atoms with Crippen LogP contribution in [-0.2, 0) is 4.74 Å². The normalized spacial score (nSPS) is 19.0. The smallest absolute Gasteiger partial charge is 0.164 e. The lowest BCUT2D eigenvalue weighted by atomic mass is 10.0. The van der Waals surface area contributed by atoms with Crippen molar-refractivity contribution in [3.05, 3.63) is 35.1 Å². The van der Waals surface area contributed by atoms with Crippen LogP contribution >= 0.6 is 0 Å². The van der Waals surface area contributed by atoms with Crippen molar-refractivity contribution in [2.24, 2.45) is 5.92 Å². The maximum absolute atomic E-state index is 13.5. The molecule has 21 heavy (non-hydrogen) atoms. The van der Waals surface area contributed by atoms with Gasteiger partial charge < -0.3 is 9.64 Å². The second-order valence-electron chi connectivity index (χ2n) is 5.98. The lowest BCUT2D eigenvalue weighted by Crippen LogP contribution is -2.32. The Morgan fingerprint density at radius 2 is 2.29 bits per heavy atom. The summed E-state index contributed by atoms with van der Waals surface area (Å²) in [4.78, 5) is 14.3. The van der Waals surface area contributed by atoms with Crippen molar-refractivity contribution in [2.75, 3.05) is 33.4 Å². The van der Waals surface area contributed by atoms with E-state index in [0.717, 1.165) is 26.2 Å². The van der Waals surface area contributed by atoms with Gasteiger partial charge in [0.25, 0.3) is 0 Å². The molecule has 2 rings (SSSR count). The number of carbonyl (C=O) groups excluding carboxylic acids is 1. The number of ketones is 1. The van der Waals surface area contributed by atoms with Crippen LogP contribution in [0.25, 0.3) is 0 Å². The van der Waals surface area contributed by atoms with Gasteiger partial charge in [0.2, 0.25) is 0 Å². The van der Waals surface area contributed by atoms with E-state index in [0.29, 0.717) is 30.0 Å². The van der Waals surface area contributed by atoms with Crippen molar-refractivity contribution >= 4 is 5.78 Å². The van der Waals surface area contributed by atoms with E-state index in [-0.39, 0.29) is 11.6 Å². The molecule has 1 unspecified atom stereocenters. The van der Waals surface area contributed by atoms with Crippen LogP contribution in [-0.4, -0.2) is 44.0 Å². The number of nitrogens with zero attached hydrogens (tertiary/aromatic N) is 1. The van der Waals surface area contributed by atoms with Crippen molar-refractivity contribution in [1.29, 1.82) is 0 Å². The molecule has 0 saturated carbocycles. The average molecular weight is 293 g/mol. The number of Topliss-reactive ketones (excluding diaryl/α,β-unsaturated/α-hetero) is 1. The van der Waals surface area contributed by atoms with Crippen LogP contribution < -0.4 is 0 Å². The zero-order valence-electron chi connectivity index (χ0n) is 12.9. The van der Waals surface area contributed by atoms with E-state index in [2.05, 4.69) is 4.90 Å². The Labute approximate surface area is 126 Å². The molecule has 1 fully saturated rings. The van der Waals surface area contributed by atoms with Crippen LogP contribution in [0.15, 0.2) is 18.2 Å². The molecule has 1 heterocycles. The minimum atomic E-state index is -0.312. The highest BCUT2D eigenvalue weighted by atomic mass is 19.1. The summed E-state index contributed by atoms with van der Waals surface area (Å²) >= 11 is 0. The third kappa shape index (κ3) is 4.90. The van der Waals surface area contributed by atoms with Gasteiger partial charge in [-0.05, 0) is 44.4 Å². The summed E-state index contributed by atoms with van der Waals surface area (Å²) in [6, 6.07) is 4.70. The van der Waals surface area contributed by atoms with E-state index in [1.54, 1.807) is 19.1 Å². The van der Waals surface area contributed by atoms with Crippen molar-refractivity contribution in [2.45, 2.75) is 26.2 Å². The predicted molar refractivity (Wildman–Crippen MR) is 81.1 cm³/mol. The van der Waals surface area contributed by atoms with E-state index in [1.807, 2.05) is 7.05 Å². The predicted octanol–water partition coefficient (Wildman–Crippen LogP) is 3.07. The van der Waals surface area contributed by atoms with Gasteiger partial charge in [0.05, 0.1) is 6.61 Å². The Morgan fingerprint density at radius 1 is 1.48 bits per heavy atom. The summed E-state index contributed by atoms with van der Waals surface area (Å²) in [7, 11) is 2.03. The molecular formula is C17H24FNO2. The van der Waals surface area contributed by atoms with E-state index in [4.69, 9.17) is 4.74 Å². The minimum Gasteiger partial charge on any atom is -0.381 e. The van der Waals surface area contributed by atoms with E-state index in [9.17, 15) is 9.18 Å². The summed E-state index contributed by atoms with van der Waals surface area (Å²) in [5.74, 6) is 0.255. The topological polar surface area (TPSA) is 29.5 Å². The molecule has 1 aromatic carbocycles. The first kappa shape index (κ1) is 16.1. The van der Waals surface area contributed by atoms with Gasteiger partial charge in [0, 0.05) is 31.7 Å². The molecule has 1 aliphatic rings. The monoisotopic (exact) mass is 293 g/mol. The molecule has 1 saturated heterocycles. The van der Waals surface area contributed by atoms with Gasteiger partial charge in [0.15, 0.2) is 5.78 Å². The minimum absolute atomic E-state index is 0.000596. The third-order valence-corrected chi connectivity index (χ3v) is 4.04. The summed E-state index contributed by atoms with van der Waals surface area (Å²) in [6.45, 7) is 5.04. The highest BCUT2D eigenvalue weighted by molar-refractivity contribution is 5.96. The molecule has 0 N–H and O–H groups in total. The second-order valence-corrected chi connectivity index (χ2v) is 5.98. The molecule has 1 aromatic rings. The van der Waals surface area contributed by atoms with Gasteiger partial charge in [-0.1, -0.05) is 12.1 Å². The summed E-state index contributed by atoms with van der Waals surface area (Å²) in [5.41, 5.74) is 1.04. The molecule has 0 radical (unpaired) electrons. The van der Waals surface area contributed by atoms with E-state index >= 15 is 0 Å². The molecule has 0 aromatic heterocycles. The number of hydrogen-bond donors (Lipinski definition) is 0. The lowest BCUT2D eigenvalue weighted by molar-refractivity contribution is 0.0418. The molecule has 1 atom stereocenters. The van der Waals surface area contributed by atoms with Gasteiger partial charge in [-0.2, -0.15) is 0 Å². The molecule has 3 nitrogen and oxygen atoms in total. The zero-order valence-corrected chi connectivity index (χ0v) is 12.9. The van der Waals surface area contributed by atoms with Crippen LogP contribution in [0, 0.1) is 18.7 Å². The highest BCUT2D eigenvalue weighted by Gasteiger charge is 2.16. The SMILES string of the molecule is Cc1ccc(C(=O)CCN(C)CC2CCCOC2)cc1F. The number of ether oxygens (including phenoxy) is 1. The van der Waals surface area contributed by atoms with Gasteiger partial charge in [-0.25, -0.2) is 4.39 Å². The molecule has 116 valence electrons. The number of halogens is 1. The molecule has 1 aliphatic heterocycles. The standard InChI is InChI=1S/C17H24FNO2/c1-13-5-6-15(10-16(13)18)17(20)7-8-19(2)11-14-4-3-9-21-12-14/h5-6,10,14H,3-4,7-9,11-12H2,1-2H3. The second kappa shape index (κ2) is 7.66. The van der Waals surface area contributed by atoms with Crippen molar-refractivity contribution in [1.82, 2.24) is 4.90 Å². The fourth-order valence-electron chi connectivity index (χ4n) is 2.69.